The normalized spacial score (nSPS) is 29.3. The van der Waals surface area contributed by atoms with Crippen molar-refractivity contribution in [3.8, 4) is 0 Å². The van der Waals surface area contributed by atoms with E-state index >= 15 is 0 Å². The molecule has 4 rings (SSSR count). The summed E-state index contributed by atoms with van der Waals surface area (Å²) >= 11 is 0. The highest BCUT2D eigenvalue weighted by atomic mass is 16.5. The lowest BCUT2D eigenvalue weighted by molar-refractivity contribution is -0.135. The Morgan fingerprint density at radius 2 is 2.03 bits per heavy atom. The summed E-state index contributed by atoms with van der Waals surface area (Å²) in [5.74, 6) is -0.00130. The van der Waals surface area contributed by atoms with E-state index in [2.05, 4.69) is 4.90 Å². The fourth-order valence-electron chi connectivity index (χ4n) is 5.60. The zero-order chi connectivity index (χ0) is 21.4. The molecule has 1 aromatic heterocycles. The number of nitrogens with zero attached hydrogens (tertiary/aromatic N) is 3. The highest BCUT2D eigenvalue weighted by Crippen LogP contribution is 2.49. The smallest absolute Gasteiger partial charge is 0.258 e. The van der Waals surface area contributed by atoms with Gasteiger partial charge in [0.25, 0.3) is 5.56 Å². The zero-order valence-electron chi connectivity index (χ0n) is 18.2. The second kappa shape index (κ2) is 8.65. The van der Waals surface area contributed by atoms with Gasteiger partial charge in [-0.3, -0.25) is 14.5 Å². The van der Waals surface area contributed by atoms with Gasteiger partial charge >= 0.3 is 0 Å². The van der Waals surface area contributed by atoms with Crippen molar-refractivity contribution < 1.29 is 14.6 Å². The summed E-state index contributed by atoms with van der Waals surface area (Å²) in [6.07, 6.45) is 5.73. The summed E-state index contributed by atoms with van der Waals surface area (Å²) in [6.45, 7) is 4.79. The van der Waals surface area contributed by atoms with E-state index in [4.69, 9.17) is 4.74 Å². The number of aliphatic hydroxyl groups excluding tert-OH is 1. The third-order valence-electron chi connectivity index (χ3n) is 7.08. The minimum absolute atomic E-state index is 0.0130. The summed E-state index contributed by atoms with van der Waals surface area (Å²) < 4.78 is 7.37. The molecule has 3 aliphatic rings. The molecule has 1 aromatic rings. The molecule has 2 bridgehead atoms. The van der Waals surface area contributed by atoms with Crippen molar-refractivity contribution in [1.82, 2.24) is 14.4 Å². The third kappa shape index (κ3) is 3.53. The topological polar surface area (TPSA) is 75.0 Å². The molecule has 30 heavy (non-hydrogen) atoms. The predicted octanol–water partition coefficient (Wildman–Crippen LogP) is 1.36. The van der Waals surface area contributed by atoms with Crippen molar-refractivity contribution in [2.24, 2.45) is 17.8 Å². The lowest BCUT2D eigenvalue weighted by atomic mass is 9.86. The van der Waals surface area contributed by atoms with Gasteiger partial charge in [0, 0.05) is 70.2 Å². The molecule has 2 saturated heterocycles. The molecular formula is C23H33N3O4. The number of carbonyl (C=O) groups is 1. The molecule has 0 spiro atoms. The molecule has 4 atom stereocenters. The Balaban J connectivity index is 1.79. The van der Waals surface area contributed by atoms with E-state index in [1.807, 2.05) is 35.8 Å². The van der Waals surface area contributed by atoms with Crippen molar-refractivity contribution in [2.45, 2.75) is 38.4 Å². The standard InChI is InChI=1S/C23H33N3O4/c1-4-5-16-6-7-18-21-20(23(29)24(2)3)17(14-27)19(13-26(18)22(16)28)25(21)12-15-8-10-30-11-9-15/h4-7,15,17,19-21,27H,8-14H2,1-3H3/b5-4-/t17-,19-,20+,21+/m1/s1. The van der Waals surface area contributed by atoms with Gasteiger partial charge in [-0.1, -0.05) is 12.2 Å². The molecule has 3 aliphatic heterocycles. The number of pyridine rings is 1. The lowest BCUT2D eigenvalue weighted by Gasteiger charge is -2.40. The Morgan fingerprint density at radius 1 is 1.30 bits per heavy atom. The van der Waals surface area contributed by atoms with Crippen LogP contribution in [0.15, 0.2) is 23.0 Å². The van der Waals surface area contributed by atoms with Gasteiger partial charge in [0.1, 0.15) is 0 Å². The second-order valence-electron chi connectivity index (χ2n) is 9.00. The largest absolute Gasteiger partial charge is 0.396 e. The Hall–Kier alpha value is -1.96. The Bertz CT molecular complexity index is 872. The SMILES string of the molecule is C/C=C\c1ccc2n(c1=O)C[C@@H]1[C@@H](CO)[C@H](C(=O)N(C)C)[C@H]2N1CC1CCOCC1. The quantitative estimate of drug-likeness (QED) is 0.786. The lowest BCUT2D eigenvalue weighted by Crippen LogP contribution is -2.48. The number of aromatic nitrogens is 1. The van der Waals surface area contributed by atoms with Gasteiger partial charge in [0.15, 0.2) is 0 Å². The Kier molecular flexibility index (Phi) is 6.14. The molecule has 7 heteroatoms. The van der Waals surface area contributed by atoms with E-state index in [0.29, 0.717) is 18.0 Å². The molecule has 0 unspecified atom stereocenters. The average molecular weight is 416 g/mol. The number of carbonyl (C=O) groups excluding carboxylic acids is 1. The molecule has 7 nitrogen and oxygen atoms in total. The molecule has 0 aliphatic carbocycles. The monoisotopic (exact) mass is 415 g/mol. The molecule has 0 aromatic carbocycles. The van der Waals surface area contributed by atoms with Crippen LogP contribution in [0.3, 0.4) is 0 Å². The number of fused-ring (bicyclic) bond motifs is 4. The van der Waals surface area contributed by atoms with Crippen LogP contribution in [0.5, 0.6) is 0 Å². The Labute approximate surface area is 177 Å². The van der Waals surface area contributed by atoms with Crippen LogP contribution < -0.4 is 5.56 Å². The number of rotatable bonds is 5. The molecule has 2 fully saturated rings. The molecule has 1 N–H and O–H groups in total. The molecule has 164 valence electrons. The first-order valence-corrected chi connectivity index (χ1v) is 11.0. The van der Waals surface area contributed by atoms with Gasteiger partial charge in [-0.2, -0.15) is 0 Å². The summed E-state index contributed by atoms with van der Waals surface area (Å²) in [6, 6.07) is 3.66. The van der Waals surface area contributed by atoms with Crippen LogP contribution in [-0.4, -0.2) is 71.9 Å². The van der Waals surface area contributed by atoms with E-state index < -0.39 is 0 Å². The molecule has 1 amide bonds. The van der Waals surface area contributed by atoms with Gasteiger partial charge in [-0.25, -0.2) is 0 Å². The van der Waals surface area contributed by atoms with E-state index in [1.54, 1.807) is 19.0 Å². The average Bonchev–Trinajstić information content (AvgIpc) is 2.94. The first-order valence-electron chi connectivity index (χ1n) is 11.0. The van der Waals surface area contributed by atoms with Gasteiger partial charge < -0.3 is 19.3 Å². The summed E-state index contributed by atoms with van der Waals surface area (Å²) in [5, 5.41) is 10.3. The maximum atomic E-state index is 13.2. The molecule has 4 heterocycles. The van der Waals surface area contributed by atoms with E-state index in [0.717, 1.165) is 38.3 Å². The van der Waals surface area contributed by atoms with Crippen molar-refractivity contribution in [3.05, 3.63) is 39.8 Å². The van der Waals surface area contributed by atoms with Crippen LogP contribution in [0.1, 0.15) is 37.1 Å². The summed E-state index contributed by atoms with van der Waals surface area (Å²) in [5.41, 5.74) is 1.54. The van der Waals surface area contributed by atoms with E-state index in [-0.39, 0.29) is 42.0 Å². The Morgan fingerprint density at radius 3 is 2.67 bits per heavy atom. The number of amides is 1. The number of aliphatic hydroxyl groups is 1. The van der Waals surface area contributed by atoms with Crippen LogP contribution >= 0.6 is 0 Å². The molecule has 0 radical (unpaired) electrons. The van der Waals surface area contributed by atoms with Gasteiger partial charge in [0.05, 0.1) is 12.0 Å². The number of ether oxygens (including phenoxy) is 1. The third-order valence-corrected chi connectivity index (χ3v) is 7.08. The highest BCUT2D eigenvalue weighted by Gasteiger charge is 2.56. The fraction of sp³-hybridized carbons (Fsp3) is 0.652. The maximum Gasteiger partial charge on any atom is 0.258 e. The van der Waals surface area contributed by atoms with Crippen LogP contribution in [-0.2, 0) is 16.1 Å². The van der Waals surface area contributed by atoms with Gasteiger partial charge in [0.2, 0.25) is 5.91 Å². The highest BCUT2D eigenvalue weighted by molar-refractivity contribution is 5.80. The van der Waals surface area contributed by atoms with Crippen molar-refractivity contribution in [1.29, 1.82) is 0 Å². The summed E-state index contributed by atoms with van der Waals surface area (Å²) in [4.78, 5) is 30.4. The zero-order valence-corrected chi connectivity index (χ0v) is 18.2. The number of hydrogen-bond donors (Lipinski definition) is 1. The fourth-order valence-corrected chi connectivity index (χ4v) is 5.60. The van der Waals surface area contributed by atoms with Crippen LogP contribution in [0.2, 0.25) is 0 Å². The predicted molar refractivity (Wildman–Crippen MR) is 115 cm³/mol. The minimum atomic E-state index is -0.351. The van der Waals surface area contributed by atoms with Gasteiger partial charge in [-0.15, -0.1) is 0 Å². The van der Waals surface area contributed by atoms with Crippen LogP contribution in [0, 0.1) is 17.8 Å². The number of allylic oxidation sites excluding steroid dienone is 1. The van der Waals surface area contributed by atoms with Gasteiger partial charge in [-0.05, 0) is 37.8 Å². The maximum absolute atomic E-state index is 13.2. The van der Waals surface area contributed by atoms with Crippen LogP contribution in [0.4, 0.5) is 0 Å². The number of hydrogen-bond acceptors (Lipinski definition) is 5. The van der Waals surface area contributed by atoms with Crippen molar-refractivity contribution >= 4 is 12.0 Å². The van der Waals surface area contributed by atoms with Crippen LogP contribution in [0.25, 0.3) is 6.08 Å². The summed E-state index contributed by atoms with van der Waals surface area (Å²) in [7, 11) is 3.54. The van der Waals surface area contributed by atoms with Crippen molar-refractivity contribution in [3.63, 3.8) is 0 Å². The van der Waals surface area contributed by atoms with E-state index in [9.17, 15) is 14.7 Å². The van der Waals surface area contributed by atoms with E-state index in [1.165, 1.54) is 0 Å². The first kappa shape index (κ1) is 21.3. The molecule has 0 saturated carbocycles. The first-order chi connectivity index (χ1) is 14.5. The molecular weight excluding hydrogens is 382 g/mol. The van der Waals surface area contributed by atoms with Crippen molar-refractivity contribution in [2.75, 3.05) is 40.5 Å². The second-order valence-corrected chi connectivity index (χ2v) is 9.00. The minimum Gasteiger partial charge on any atom is -0.396 e.